The first-order chi connectivity index (χ1) is 13.8. The van der Waals surface area contributed by atoms with Crippen LogP contribution in [-0.4, -0.2) is 51.5 Å². The fraction of sp³-hybridized carbons (Fsp3) is 0.381. The van der Waals surface area contributed by atoms with Crippen LogP contribution < -0.4 is 14.8 Å². The number of amides is 1. The minimum Gasteiger partial charge on any atom is -0.491 e. The van der Waals surface area contributed by atoms with Gasteiger partial charge < -0.3 is 15.0 Å². The topological polar surface area (TPSA) is 87.7 Å². The van der Waals surface area contributed by atoms with Crippen LogP contribution >= 0.6 is 0 Å². The van der Waals surface area contributed by atoms with Crippen molar-refractivity contribution < 1.29 is 17.9 Å². The third kappa shape index (κ3) is 5.27. The quantitative estimate of drug-likeness (QED) is 0.754. The number of carbonyl (C=O) groups is 1. The van der Waals surface area contributed by atoms with Crippen LogP contribution in [0.15, 0.2) is 47.4 Å². The number of nitrogens with one attached hydrogen (secondary N) is 2. The summed E-state index contributed by atoms with van der Waals surface area (Å²) in [6.45, 7) is 8.35. The van der Waals surface area contributed by atoms with E-state index in [9.17, 15) is 13.2 Å². The summed E-state index contributed by atoms with van der Waals surface area (Å²) in [5.74, 6) is 0.526. The van der Waals surface area contributed by atoms with Crippen molar-refractivity contribution >= 4 is 21.6 Å². The van der Waals surface area contributed by atoms with Crippen molar-refractivity contribution in [3.05, 3.63) is 53.6 Å². The van der Waals surface area contributed by atoms with Crippen molar-refractivity contribution in [1.82, 2.24) is 10.2 Å². The fourth-order valence-corrected chi connectivity index (χ4v) is 4.21. The molecule has 0 radical (unpaired) electrons. The fourth-order valence-electron chi connectivity index (χ4n) is 3.12. The second-order valence-corrected chi connectivity index (χ2v) is 9.00. The van der Waals surface area contributed by atoms with Gasteiger partial charge in [0.25, 0.3) is 15.9 Å². The van der Waals surface area contributed by atoms with Crippen LogP contribution in [0.5, 0.6) is 5.75 Å². The number of benzene rings is 2. The molecular weight excluding hydrogens is 390 g/mol. The van der Waals surface area contributed by atoms with Gasteiger partial charge in [0.15, 0.2) is 0 Å². The average Bonchev–Trinajstić information content (AvgIpc) is 2.69. The second-order valence-electron chi connectivity index (χ2n) is 7.32. The Morgan fingerprint density at radius 2 is 1.76 bits per heavy atom. The maximum Gasteiger partial charge on any atom is 0.261 e. The molecule has 1 aliphatic rings. The number of hydrogen-bond acceptors (Lipinski definition) is 5. The van der Waals surface area contributed by atoms with E-state index in [2.05, 4.69) is 10.0 Å². The summed E-state index contributed by atoms with van der Waals surface area (Å²) >= 11 is 0. The molecule has 29 heavy (non-hydrogen) atoms. The summed E-state index contributed by atoms with van der Waals surface area (Å²) in [4.78, 5) is 14.7. The first-order valence-corrected chi connectivity index (χ1v) is 11.1. The minimum absolute atomic E-state index is 0.0387. The number of sulfonamides is 1. The zero-order chi connectivity index (χ0) is 21.0. The van der Waals surface area contributed by atoms with E-state index >= 15 is 0 Å². The van der Waals surface area contributed by atoms with Crippen LogP contribution in [0.4, 0.5) is 5.69 Å². The lowest BCUT2D eigenvalue weighted by Gasteiger charge is -2.28. The number of rotatable bonds is 6. The van der Waals surface area contributed by atoms with Gasteiger partial charge in [-0.05, 0) is 62.7 Å². The van der Waals surface area contributed by atoms with Crippen molar-refractivity contribution in [1.29, 1.82) is 0 Å². The lowest BCUT2D eigenvalue weighted by atomic mass is 10.1. The minimum atomic E-state index is -3.83. The third-order valence-electron chi connectivity index (χ3n) is 4.63. The monoisotopic (exact) mass is 417 g/mol. The lowest BCUT2D eigenvalue weighted by molar-refractivity contribution is 0.0735. The van der Waals surface area contributed by atoms with E-state index < -0.39 is 10.0 Å². The molecule has 0 aromatic heterocycles. The zero-order valence-corrected chi connectivity index (χ0v) is 17.8. The Labute approximate surface area is 172 Å². The van der Waals surface area contributed by atoms with Gasteiger partial charge in [0.05, 0.1) is 11.0 Å². The Morgan fingerprint density at radius 3 is 2.38 bits per heavy atom. The molecular formula is C21H27N3O4S. The number of anilines is 1. The molecule has 1 fully saturated rings. The summed E-state index contributed by atoms with van der Waals surface area (Å²) in [5, 5.41) is 3.20. The van der Waals surface area contributed by atoms with Gasteiger partial charge in [-0.15, -0.1) is 0 Å². The largest absolute Gasteiger partial charge is 0.491 e. The average molecular weight is 418 g/mol. The number of nitrogens with zero attached hydrogens (tertiary/aromatic N) is 1. The molecule has 1 heterocycles. The van der Waals surface area contributed by atoms with E-state index in [0.717, 1.165) is 18.7 Å². The highest BCUT2D eigenvalue weighted by atomic mass is 32.2. The zero-order valence-electron chi connectivity index (χ0n) is 16.9. The van der Waals surface area contributed by atoms with E-state index in [4.69, 9.17) is 4.74 Å². The predicted molar refractivity (Wildman–Crippen MR) is 113 cm³/mol. The molecule has 8 heteroatoms. The number of aryl methyl sites for hydroxylation is 1. The van der Waals surface area contributed by atoms with Crippen molar-refractivity contribution in [2.24, 2.45) is 0 Å². The van der Waals surface area contributed by atoms with Crippen LogP contribution in [0.1, 0.15) is 29.8 Å². The van der Waals surface area contributed by atoms with Gasteiger partial charge in [-0.25, -0.2) is 8.42 Å². The van der Waals surface area contributed by atoms with Gasteiger partial charge in [0.2, 0.25) is 0 Å². The molecule has 2 aromatic rings. The third-order valence-corrected chi connectivity index (χ3v) is 6.01. The van der Waals surface area contributed by atoms with Crippen LogP contribution in [-0.2, 0) is 10.0 Å². The molecule has 2 aromatic carbocycles. The van der Waals surface area contributed by atoms with Crippen LogP contribution in [0, 0.1) is 6.92 Å². The summed E-state index contributed by atoms with van der Waals surface area (Å²) in [7, 11) is -3.83. The molecule has 0 atom stereocenters. The maximum atomic E-state index is 12.9. The van der Waals surface area contributed by atoms with Crippen molar-refractivity contribution in [2.75, 3.05) is 30.9 Å². The number of carbonyl (C=O) groups excluding carboxylic acids is 1. The second kappa shape index (κ2) is 8.84. The Bertz CT molecular complexity index is 966. The molecule has 7 nitrogen and oxygen atoms in total. The molecule has 0 unspecified atom stereocenters. The molecule has 1 aliphatic heterocycles. The molecule has 3 rings (SSSR count). The summed E-state index contributed by atoms with van der Waals surface area (Å²) in [5.41, 5.74) is 1.59. The molecule has 0 spiro atoms. The molecule has 0 bridgehead atoms. The number of ether oxygens (including phenoxy) is 1. The summed E-state index contributed by atoms with van der Waals surface area (Å²) < 4.78 is 33.8. The van der Waals surface area contributed by atoms with E-state index in [1.807, 2.05) is 20.8 Å². The molecule has 2 N–H and O–H groups in total. The standard InChI is InChI=1S/C21H27N3O4S/c1-15(2)28-18-7-5-17(6-8-18)23-29(26,27)19-9-4-16(3)20(14-19)21(25)24-12-10-22-11-13-24/h4-9,14-15,22-23H,10-13H2,1-3H3. The Morgan fingerprint density at radius 1 is 1.10 bits per heavy atom. The predicted octanol–water partition coefficient (Wildman–Crippen LogP) is 2.63. The Hall–Kier alpha value is -2.58. The van der Waals surface area contributed by atoms with E-state index in [-0.39, 0.29) is 16.9 Å². The summed E-state index contributed by atoms with van der Waals surface area (Å²) in [6, 6.07) is 11.4. The van der Waals surface area contributed by atoms with Gasteiger partial charge in [0, 0.05) is 37.4 Å². The Kier molecular flexibility index (Phi) is 6.44. The van der Waals surface area contributed by atoms with Crippen LogP contribution in [0.2, 0.25) is 0 Å². The first-order valence-electron chi connectivity index (χ1n) is 9.66. The van der Waals surface area contributed by atoms with Crippen LogP contribution in [0.25, 0.3) is 0 Å². The van der Waals surface area contributed by atoms with E-state index in [0.29, 0.717) is 30.1 Å². The SMILES string of the molecule is Cc1ccc(S(=O)(=O)Nc2ccc(OC(C)C)cc2)cc1C(=O)N1CCNCC1. The molecule has 156 valence electrons. The van der Waals surface area contributed by atoms with E-state index in [1.165, 1.54) is 12.1 Å². The molecule has 1 amide bonds. The normalized spacial score (nSPS) is 14.7. The van der Waals surface area contributed by atoms with Gasteiger partial charge in [-0.3, -0.25) is 9.52 Å². The molecule has 0 saturated carbocycles. The van der Waals surface area contributed by atoms with Crippen LogP contribution in [0.3, 0.4) is 0 Å². The lowest BCUT2D eigenvalue weighted by Crippen LogP contribution is -2.46. The van der Waals surface area contributed by atoms with Crippen molar-refractivity contribution in [3.8, 4) is 5.75 Å². The van der Waals surface area contributed by atoms with Gasteiger partial charge in [-0.2, -0.15) is 0 Å². The van der Waals surface area contributed by atoms with Gasteiger partial charge in [-0.1, -0.05) is 6.07 Å². The highest BCUT2D eigenvalue weighted by Gasteiger charge is 2.22. The smallest absolute Gasteiger partial charge is 0.261 e. The van der Waals surface area contributed by atoms with Gasteiger partial charge in [0.1, 0.15) is 5.75 Å². The molecule has 0 aliphatic carbocycles. The van der Waals surface area contributed by atoms with Gasteiger partial charge >= 0.3 is 0 Å². The maximum absolute atomic E-state index is 12.9. The van der Waals surface area contributed by atoms with Crippen molar-refractivity contribution in [3.63, 3.8) is 0 Å². The van der Waals surface area contributed by atoms with Crippen molar-refractivity contribution in [2.45, 2.75) is 31.8 Å². The van der Waals surface area contributed by atoms with E-state index in [1.54, 1.807) is 35.2 Å². The number of piperazine rings is 1. The highest BCUT2D eigenvalue weighted by Crippen LogP contribution is 2.22. The first kappa shape index (κ1) is 21.1. The highest BCUT2D eigenvalue weighted by molar-refractivity contribution is 7.92. The molecule has 1 saturated heterocycles. The number of hydrogen-bond donors (Lipinski definition) is 2. The summed E-state index contributed by atoms with van der Waals surface area (Å²) in [6.07, 6.45) is 0.0387. The Balaban J connectivity index is 1.80.